The molecule has 114 valence electrons. The molecule has 2 heteroatoms. The Morgan fingerprint density at radius 2 is 2.00 bits per heavy atom. The lowest BCUT2D eigenvalue weighted by Gasteiger charge is -2.27. The van der Waals surface area contributed by atoms with E-state index in [1.807, 2.05) is 30.3 Å². The van der Waals surface area contributed by atoms with E-state index in [0.29, 0.717) is 6.42 Å². The van der Waals surface area contributed by atoms with Crippen molar-refractivity contribution in [2.24, 2.45) is 17.8 Å². The van der Waals surface area contributed by atoms with Crippen molar-refractivity contribution < 1.29 is 4.79 Å². The number of carbonyl (C=O) groups is 1. The summed E-state index contributed by atoms with van der Waals surface area (Å²) in [7, 11) is 2.22. The largest absolute Gasteiger partial charge is 0.306 e. The Morgan fingerprint density at radius 1 is 1.19 bits per heavy atom. The number of hydrogen-bond acceptors (Lipinski definition) is 2. The quantitative estimate of drug-likeness (QED) is 0.705. The lowest BCUT2D eigenvalue weighted by Crippen LogP contribution is -2.29. The second-order valence-electron chi connectivity index (χ2n) is 7.09. The van der Waals surface area contributed by atoms with Gasteiger partial charge in [0.1, 0.15) is 0 Å². The Hall–Kier alpha value is -1.15. The average Bonchev–Trinajstić information content (AvgIpc) is 3.10. The molecule has 3 unspecified atom stereocenters. The smallest absolute Gasteiger partial charge is 0.162 e. The van der Waals surface area contributed by atoms with Gasteiger partial charge in [0.2, 0.25) is 0 Å². The summed E-state index contributed by atoms with van der Waals surface area (Å²) in [6.07, 6.45) is 7.55. The van der Waals surface area contributed by atoms with Crippen LogP contribution in [-0.4, -0.2) is 30.8 Å². The zero-order valence-corrected chi connectivity index (χ0v) is 13.1. The van der Waals surface area contributed by atoms with Crippen LogP contribution in [0.2, 0.25) is 0 Å². The van der Waals surface area contributed by atoms with E-state index in [0.717, 1.165) is 36.3 Å². The zero-order valence-electron chi connectivity index (χ0n) is 13.1. The molecule has 2 aliphatic carbocycles. The highest BCUT2D eigenvalue weighted by molar-refractivity contribution is 5.95. The molecule has 2 bridgehead atoms. The van der Waals surface area contributed by atoms with Crippen LogP contribution in [0.15, 0.2) is 30.3 Å². The van der Waals surface area contributed by atoms with E-state index in [9.17, 15) is 4.79 Å². The van der Waals surface area contributed by atoms with Gasteiger partial charge in [0, 0.05) is 18.5 Å². The molecule has 0 aromatic heterocycles. The van der Waals surface area contributed by atoms with Gasteiger partial charge in [0.15, 0.2) is 5.78 Å². The maximum absolute atomic E-state index is 12.1. The topological polar surface area (TPSA) is 20.3 Å². The van der Waals surface area contributed by atoms with Crippen molar-refractivity contribution in [2.75, 3.05) is 20.1 Å². The minimum atomic E-state index is 0.281. The molecule has 0 aliphatic heterocycles. The Balaban J connectivity index is 1.36. The summed E-state index contributed by atoms with van der Waals surface area (Å²) in [5.74, 6) is 3.25. The van der Waals surface area contributed by atoms with E-state index >= 15 is 0 Å². The number of hydrogen-bond donors (Lipinski definition) is 0. The molecule has 2 aliphatic rings. The third-order valence-corrected chi connectivity index (χ3v) is 5.47. The van der Waals surface area contributed by atoms with E-state index < -0.39 is 0 Å². The zero-order chi connectivity index (χ0) is 14.7. The number of benzene rings is 1. The number of fused-ring (bicyclic) bond motifs is 2. The summed E-state index contributed by atoms with van der Waals surface area (Å²) >= 11 is 0. The number of Topliss-reactive ketones (excluding diaryl/α,β-unsaturated/α-hetero) is 1. The van der Waals surface area contributed by atoms with Crippen LogP contribution in [-0.2, 0) is 0 Å². The highest BCUT2D eigenvalue weighted by Crippen LogP contribution is 2.48. The first-order chi connectivity index (χ1) is 10.2. The predicted molar refractivity (Wildman–Crippen MR) is 86.4 cm³/mol. The SMILES string of the molecule is CN(CCCC(=O)c1ccccc1)CC1CC2CCC1C2. The number of rotatable bonds is 7. The molecule has 0 spiro atoms. The van der Waals surface area contributed by atoms with Crippen molar-refractivity contribution in [1.29, 1.82) is 0 Å². The molecular weight excluding hydrogens is 258 g/mol. The summed E-state index contributed by atoms with van der Waals surface area (Å²) in [6.45, 7) is 2.28. The highest BCUT2D eigenvalue weighted by atomic mass is 16.1. The molecule has 2 fully saturated rings. The van der Waals surface area contributed by atoms with Crippen molar-refractivity contribution in [3.8, 4) is 0 Å². The molecule has 1 aromatic rings. The first kappa shape index (κ1) is 14.8. The predicted octanol–water partition coefficient (Wildman–Crippen LogP) is 4.02. The fourth-order valence-electron chi connectivity index (χ4n) is 4.37. The van der Waals surface area contributed by atoms with E-state index in [4.69, 9.17) is 0 Å². The first-order valence-corrected chi connectivity index (χ1v) is 8.49. The molecule has 0 saturated heterocycles. The van der Waals surface area contributed by atoms with Crippen LogP contribution in [0.5, 0.6) is 0 Å². The van der Waals surface area contributed by atoms with Crippen molar-refractivity contribution in [3.05, 3.63) is 35.9 Å². The van der Waals surface area contributed by atoms with Gasteiger partial charge in [-0.05, 0) is 57.0 Å². The molecule has 0 amide bonds. The normalized spacial score (nSPS) is 27.4. The van der Waals surface area contributed by atoms with Crippen LogP contribution in [0.25, 0.3) is 0 Å². The Bertz CT molecular complexity index is 470. The molecule has 1 aromatic carbocycles. The number of ketones is 1. The molecule has 3 rings (SSSR count). The number of carbonyl (C=O) groups excluding carboxylic acids is 1. The first-order valence-electron chi connectivity index (χ1n) is 8.49. The molecule has 2 nitrogen and oxygen atoms in total. The van der Waals surface area contributed by atoms with Crippen molar-refractivity contribution in [1.82, 2.24) is 4.90 Å². The van der Waals surface area contributed by atoms with Crippen LogP contribution < -0.4 is 0 Å². The molecule has 3 atom stereocenters. The van der Waals surface area contributed by atoms with Gasteiger partial charge in [-0.15, -0.1) is 0 Å². The fraction of sp³-hybridized carbons (Fsp3) is 0.632. The van der Waals surface area contributed by atoms with E-state index in [1.165, 1.54) is 32.2 Å². The lowest BCUT2D eigenvalue weighted by atomic mass is 9.88. The van der Waals surface area contributed by atoms with Crippen LogP contribution in [0, 0.1) is 17.8 Å². The van der Waals surface area contributed by atoms with Gasteiger partial charge >= 0.3 is 0 Å². The minimum Gasteiger partial charge on any atom is -0.306 e. The van der Waals surface area contributed by atoms with Gasteiger partial charge in [-0.25, -0.2) is 0 Å². The molecule has 21 heavy (non-hydrogen) atoms. The molecular formula is C19H27NO. The standard InChI is InChI=1S/C19H27NO/c1-20(14-18-13-15-9-10-17(18)12-15)11-5-8-19(21)16-6-3-2-4-7-16/h2-4,6-7,15,17-18H,5,8-14H2,1H3. The minimum absolute atomic E-state index is 0.281. The maximum atomic E-state index is 12.1. The Kier molecular flexibility index (Phi) is 4.74. The van der Waals surface area contributed by atoms with Gasteiger partial charge < -0.3 is 4.90 Å². The van der Waals surface area contributed by atoms with E-state index in [-0.39, 0.29) is 5.78 Å². The average molecular weight is 285 g/mol. The summed E-state index contributed by atoms with van der Waals surface area (Å²) in [5, 5.41) is 0. The molecule has 2 saturated carbocycles. The van der Waals surface area contributed by atoms with Gasteiger partial charge in [0.05, 0.1) is 0 Å². The van der Waals surface area contributed by atoms with Crippen molar-refractivity contribution in [2.45, 2.75) is 38.5 Å². The lowest BCUT2D eigenvalue weighted by molar-refractivity contribution is 0.0974. The molecule has 0 N–H and O–H groups in total. The second-order valence-corrected chi connectivity index (χ2v) is 7.09. The molecule has 0 radical (unpaired) electrons. The monoisotopic (exact) mass is 285 g/mol. The summed E-state index contributed by atoms with van der Waals surface area (Å²) in [6, 6.07) is 9.67. The second kappa shape index (κ2) is 6.74. The van der Waals surface area contributed by atoms with Crippen LogP contribution >= 0.6 is 0 Å². The molecule has 0 heterocycles. The summed E-state index contributed by atoms with van der Waals surface area (Å²) in [4.78, 5) is 14.5. The van der Waals surface area contributed by atoms with E-state index in [2.05, 4.69) is 11.9 Å². The van der Waals surface area contributed by atoms with Gasteiger partial charge in [0.25, 0.3) is 0 Å². The van der Waals surface area contributed by atoms with Crippen LogP contribution in [0.4, 0.5) is 0 Å². The van der Waals surface area contributed by atoms with Gasteiger partial charge in [-0.3, -0.25) is 4.79 Å². The third kappa shape index (κ3) is 3.74. The maximum Gasteiger partial charge on any atom is 0.162 e. The van der Waals surface area contributed by atoms with Crippen molar-refractivity contribution in [3.63, 3.8) is 0 Å². The van der Waals surface area contributed by atoms with E-state index in [1.54, 1.807) is 0 Å². The third-order valence-electron chi connectivity index (χ3n) is 5.47. The van der Waals surface area contributed by atoms with Gasteiger partial charge in [-0.1, -0.05) is 36.8 Å². The fourth-order valence-corrected chi connectivity index (χ4v) is 4.37. The van der Waals surface area contributed by atoms with Crippen LogP contribution in [0.1, 0.15) is 48.9 Å². The van der Waals surface area contributed by atoms with Crippen LogP contribution in [0.3, 0.4) is 0 Å². The summed E-state index contributed by atoms with van der Waals surface area (Å²) < 4.78 is 0. The Labute approximate surface area is 128 Å². The number of nitrogens with zero attached hydrogens (tertiary/aromatic N) is 1. The highest BCUT2D eigenvalue weighted by Gasteiger charge is 2.39. The van der Waals surface area contributed by atoms with Crippen molar-refractivity contribution >= 4 is 5.78 Å². The summed E-state index contributed by atoms with van der Waals surface area (Å²) in [5.41, 5.74) is 0.855. The Morgan fingerprint density at radius 3 is 2.67 bits per heavy atom. The van der Waals surface area contributed by atoms with Gasteiger partial charge in [-0.2, -0.15) is 0 Å².